The Balaban J connectivity index is 3.14. The summed E-state index contributed by atoms with van der Waals surface area (Å²) in [6.45, 7) is 2.21. The van der Waals surface area contributed by atoms with Crippen molar-refractivity contribution in [3.05, 3.63) is 0 Å². The van der Waals surface area contributed by atoms with Gasteiger partial charge in [0.25, 0.3) is 0 Å². The van der Waals surface area contributed by atoms with Gasteiger partial charge in [-0.05, 0) is 6.42 Å². The average molecular weight is 330 g/mol. The Bertz CT molecular complexity index is 230. The van der Waals surface area contributed by atoms with Gasteiger partial charge in [-0.25, -0.2) is 0 Å². The summed E-state index contributed by atoms with van der Waals surface area (Å²) >= 11 is 0. The second-order valence-electron chi connectivity index (χ2n) is 7.29. The molecule has 1 atom stereocenters. The monoisotopic (exact) mass is 329 g/mol. The van der Waals surface area contributed by atoms with Crippen molar-refractivity contribution in [3.8, 4) is 0 Å². The van der Waals surface area contributed by atoms with E-state index in [1.165, 1.54) is 83.5 Å². The zero-order valence-corrected chi connectivity index (χ0v) is 15.7. The van der Waals surface area contributed by atoms with E-state index in [0.29, 0.717) is 6.42 Å². The van der Waals surface area contributed by atoms with Gasteiger partial charge in [0.05, 0.1) is 12.2 Å². The second-order valence-corrected chi connectivity index (χ2v) is 7.29. The molecule has 3 heteroatoms. The molecule has 0 rings (SSSR count). The van der Waals surface area contributed by atoms with Gasteiger partial charge in [-0.15, -0.1) is 0 Å². The van der Waals surface area contributed by atoms with Crippen molar-refractivity contribution < 1.29 is 10.2 Å². The van der Waals surface area contributed by atoms with Gasteiger partial charge < -0.3 is 15.9 Å². The molecule has 0 bridgehead atoms. The van der Waals surface area contributed by atoms with Crippen LogP contribution >= 0.6 is 0 Å². The molecular formula is C20H43NO2. The van der Waals surface area contributed by atoms with E-state index in [1.807, 2.05) is 0 Å². The second kappa shape index (κ2) is 16.7. The minimum Gasteiger partial charge on any atom is -0.393 e. The Kier molecular flexibility index (Phi) is 16.6. The lowest BCUT2D eigenvalue weighted by Gasteiger charge is -2.23. The van der Waals surface area contributed by atoms with Crippen molar-refractivity contribution >= 4 is 0 Å². The first-order valence-electron chi connectivity index (χ1n) is 10.2. The molecule has 1 unspecified atom stereocenters. The van der Waals surface area contributed by atoms with Gasteiger partial charge in [-0.2, -0.15) is 0 Å². The zero-order chi connectivity index (χ0) is 17.2. The molecular weight excluding hydrogens is 286 g/mol. The van der Waals surface area contributed by atoms with E-state index in [9.17, 15) is 5.11 Å². The van der Waals surface area contributed by atoms with Gasteiger partial charge in [-0.1, -0.05) is 103 Å². The van der Waals surface area contributed by atoms with Crippen LogP contribution in [0.2, 0.25) is 0 Å². The SMILES string of the molecule is CCCCCCCCCCCCCCCCCC(O)(CN)CO. The number of unbranched alkanes of at least 4 members (excludes halogenated alkanes) is 14. The molecule has 0 radical (unpaired) electrons. The summed E-state index contributed by atoms with van der Waals surface area (Å²) in [5.41, 5.74) is 4.42. The molecule has 0 spiro atoms. The van der Waals surface area contributed by atoms with Crippen LogP contribution < -0.4 is 5.73 Å². The van der Waals surface area contributed by atoms with Crippen molar-refractivity contribution in [1.29, 1.82) is 0 Å². The van der Waals surface area contributed by atoms with Crippen molar-refractivity contribution in [1.82, 2.24) is 0 Å². The summed E-state index contributed by atoms with van der Waals surface area (Å²) in [5.74, 6) is 0. The maximum atomic E-state index is 9.86. The number of hydrogen-bond acceptors (Lipinski definition) is 3. The lowest BCUT2D eigenvalue weighted by atomic mass is 9.96. The lowest BCUT2D eigenvalue weighted by molar-refractivity contribution is -0.0152. The molecule has 0 aliphatic rings. The molecule has 0 aliphatic heterocycles. The third-order valence-corrected chi connectivity index (χ3v) is 4.92. The van der Waals surface area contributed by atoms with Gasteiger partial charge in [0.1, 0.15) is 0 Å². The molecule has 0 aromatic heterocycles. The predicted octanol–water partition coefficient (Wildman–Crippen LogP) is 4.93. The van der Waals surface area contributed by atoms with Crippen LogP contribution in [0.1, 0.15) is 110 Å². The molecule has 0 fully saturated rings. The fourth-order valence-electron chi connectivity index (χ4n) is 3.07. The third-order valence-electron chi connectivity index (χ3n) is 4.92. The van der Waals surface area contributed by atoms with Gasteiger partial charge in [0.15, 0.2) is 0 Å². The molecule has 0 amide bonds. The Morgan fingerprint density at radius 1 is 0.652 bits per heavy atom. The van der Waals surface area contributed by atoms with Crippen LogP contribution in [0, 0.1) is 0 Å². The molecule has 4 N–H and O–H groups in total. The standard InChI is InChI=1S/C20H43NO2/c1-2-3-4-5-6-7-8-9-10-11-12-13-14-15-16-17-20(23,18-21)19-22/h22-23H,2-19,21H2,1H3. The Hall–Kier alpha value is -0.120. The van der Waals surface area contributed by atoms with E-state index in [-0.39, 0.29) is 13.2 Å². The topological polar surface area (TPSA) is 66.5 Å². The average Bonchev–Trinajstić information content (AvgIpc) is 2.58. The minimum absolute atomic E-state index is 0.155. The molecule has 3 nitrogen and oxygen atoms in total. The Labute approximate surface area is 145 Å². The predicted molar refractivity (Wildman–Crippen MR) is 101 cm³/mol. The highest BCUT2D eigenvalue weighted by Gasteiger charge is 2.22. The fraction of sp³-hybridized carbons (Fsp3) is 1.00. The van der Waals surface area contributed by atoms with E-state index in [4.69, 9.17) is 10.8 Å². The molecule has 0 heterocycles. The van der Waals surface area contributed by atoms with Crippen LogP contribution in [0.5, 0.6) is 0 Å². The molecule has 0 aromatic rings. The van der Waals surface area contributed by atoms with E-state index in [2.05, 4.69) is 6.92 Å². The molecule has 140 valence electrons. The van der Waals surface area contributed by atoms with Crippen molar-refractivity contribution in [2.45, 2.75) is 115 Å². The van der Waals surface area contributed by atoms with Crippen LogP contribution in [0.3, 0.4) is 0 Å². The Morgan fingerprint density at radius 3 is 1.30 bits per heavy atom. The minimum atomic E-state index is -1.05. The van der Waals surface area contributed by atoms with E-state index < -0.39 is 5.60 Å². The van der Waals surface area contributed by atoms with Gasteiger partial charge in [0.2, 0.25) is 0 Å². The Morgan fingerprint density at radius 2 is 1.00 bits per heavy atom. The maximum absolute atomic E-state index is 9.86. The highest BCUT2D eigenvalue weighted by Crippen LogP contribution is 2.16. The number of rotatable bonds is 18. The van der Waals surface area contributed by atoms with Crippen LogP contribution in [0.4, 0.5) is 0 Å². The van der Waals surface area contributed by atoms with Gasteiger partial charge in [-0.3, -0.25) is 0 Å². The summed E-state index contributed by atoms with van der Waals surface area (Å²) in [4.78, 5) is 0. The summed E-state index contributed by atoms with van der Waals surface area (Å²) in [6.07, 6.45) is 20.7. The summed E-state index contributed by atoms with van der Waals surface area (Å²) < 4.78 is 0. The number of aliphatic hydroxyl groups is 2. The third kappa shape index (κ3) is 15.2. The molecule has 0 saturated heterocycles. The van der Waals surface area contributed by atoms with Gasteiger partial charge >= 0.3 is 0 Å². The summed E-state index contributed by atoms with van der Waals surface area (Å²) in [6, 6.07) is 0. The lowest BCUT2D eigenvalue weighted by Crippen LogP contribution is -2.41. The first kappa shape index (κ1) is 22.9. The molecule has 0 saturated carbocycles. The van der Waals surface area contributed by atoms with Gasteiger partial charge in [0, 0.05) is 6.54 Å². The first-order valence-corrected chi connectivity index (χ1v) is 10.2. The number of hydrogen-bond donors (Lipinski definition) is 3. The normalized spacial score (nSPS) is 14.1. The van der Waals surface area contributed by atoms with Crippen LogP contribution in [-0.2, 0) is 0 Å². The van der Waals surface area contributed by atoms with E-state index in [0.717, 1.165) is 12.8 Å². The van der Waals surface area contributed by atoms with E-state index >= 15 is 0 Å². The largest absolute Gasteiger partial charge is 0.393 e. The quantitative estimate of drug-likeness (QED) is 0.312. The fourth-order valence-corrected chi connectivity index (χ4v) is 3.07. The summed E-state index contributed by atoms with van der Waals surface area (Å²) in [7, 11) is 0. The highest BCUT2D eigenvalue weighted by atomic mass is 16.3. The smallest absolute Gasteiger partial charge is 0.0998 e. The number of nitrogens with two attached hydrogens (primary N) is 1. The maximum Gasteiger partial charge on any atom is 0.0998 e. The van der Waals surface area contributed by atoms with Crippen molar-refractivity contribution in [2.24, 2.45) is 5.73 Å². The van der Waals surface area contributed by atoms with Crippen LogP contribution in [0.15, 0.2) is 0 Å². The van der Waals surface area contributed by atoms with Crippen LogP contribution in [0.25, 0.3) is 0 Å². The molecule has 23 heavy (non-hydrogen) atoms. The van der Waals surface area contributed by atoms with Crippen molar-refractivity contribution in [3.63, 3.8) is 0 Å². The first-order chi connectivity index (χ1) is 11.2. The van der Waals surface area contributed by atoms with Crippen molar-refractivity contribution in [2.75, 3.05) is 13.2 Å². The van der Waals surface area contributed by atoms with E-state index in [1.54, 1.807) is 0 Å². The summed E-state index contributed by atoms with van der Waals surface area (Å²) in [5, 5.41) is 18.9. The zero-order valence-electron chi connectivity index (χ0n) is 15.7. The molecule has 0 aromatic carbocycles. The van der Waals surface area contributed by atoms with Crippen LogP contribution in [-0.4, -0.2) is 29.0 Å². The number of aliphatic hydroxyl groups excluding tert-OH is 1. The highest BCUT2D eigenvalue weighted by molar-refractivity contribution is 4.77. The molecule has 0 aliphatic carbocycles.